The lowest BCUT2D eigenvalue weighted by atomic mass is 10.0. The van der Waals surface area contributed by atoms with Crippen molar-refractivity contribution in [3.63, 3.8) is 0 Å². The molecule has 8 nitrogen and oxygen atoms in total. The van der Waals surface area contributed by atoms with Gasteiger partial charge in [0.05, 0.1) is 23.4 Å². The van der Waals surface area contributed by atoms with Gasteiger partial charge < -0.3 is 10.1 Å². The van der Waals surface area contributed by atoms with Crippen LogP contribution in [0.4, 0.5) is 14.7 Å². The third kappa shape index (κ3) is 3.32. The first-order valence-corrected chi connectivity index (χ1v) is 10.4. The molecule has 0 saturated heterocycles. The molecule has 166 valence electrons. The van der Waals surface area contributed by atoms with Gasteiger partial charge in [-0.3, -0.25) is 4.98 Å². The highest BCUT2D eigenvalue weighted by molar-refractivity contribution is 5.90. The molecule has 0 unspecified atom stereocenters. The number of benzene rings is 1. The third-order valence-corrected chi connectivity index (χ3v) is 5.51. The van der Waals surface area contributed by atoms with Crippen molar-refractivity contribution in [3.05, 3.63) is 96.5 Å². The number of rotatable bonds is 4. The molecule has 0 aliphatic carbocycles. The van der Waals surface area contributed by atoms with E-state index in [0.717, 1.165) is 11.2 Å². The Morgan fingerprint density at radius 3 is 2.53 bits per heavy atom. The number of nitrogens with two attached hydrogens (primary N) is 1. The molecule has 2 N–H and O–H groups in total. The first kappa shape index (κ1) is 19.9. The lowest BCUT2D eigenvalue weighted by Crippen LogP contribution is -2.06. The Morgan fingerprint density at radius 1 is 0.882 bits per heavy atom. The summed E-state index contributed by atoms with van der Waals surface area (Å²) in [5.74, 6) is -0.360. The summed E-state index contributed by atoms with van der Waals surface area (Å²) in [4.78, 5) is 17.6. The van der Waals surface area contributed by atoms with Crippen molar-refractivity contribution in [1.82, 2.24) is 34.0 Å². The molecular weight excluding hydrogens is 438 g/mol. The number of anilines is 1. The first-order chi connectivity index (χ1) is 16.6. The second-order valence-electron chi connectivity index (χ2n) is 7.68. The number of aromatic nitrogens is 7. The van der Waals surface area contributed by atoms with Crippen LogP contribution in [-0.4, -0.2) is 34.0 Å². The summed E-state index contributed by atoms with van der Waals surface area (Å²) in [6.45, 7) is 0. The highest BCUT2D eigenvalue weighted by Gasteiger charge is 2.21. The Kier molecular flexibility index (Phi) is 4.51. The fourth-order valence-corrected chi connectivity index (χ4v) is 3.92. The van der Waals surface area contributed by atoms with Gasteiger partial charge in [0, 0.05) is 35.9 Å². The van der Waals surface area contributed by atoms with Gasteiger partial charge in [0.15, 0.2) is 11.5 Å². The van der Waals surface area contributed by atoms with Crippen molar-refractivity contribution in [2.45, 2.75) is 6.42 Å². The van der Waals surface area contributed by atoms with Crippen LogP contribution in [0.15, 0.2) is 73.3 Å². The van der Waals surface area contributed by atoms with E-state index in [0.29, 0.717) is 28.3 Å². The number of pyridine rings is 2. The molecule has 34 heavy (non-hydrogen) atoms. The second kappa shape index (κ2) is 7.69. The molecule has 6 aromatic rings. The number of hydrogen-bond donors (Lipinski definition) is 1. The quantitative estimate of drug-likeness (QED) is 0.433. The molecule has 1 aromatic carbocycles. The van der Waals surface area contributed by atoms with Gasteiger partial charge in [0.1, 0.15) is 17.3 Å². The van der Waals surface area contributed by atoms with E-state index in [9.17, 15) is 8.78 Å². The van der Waals surface area contributed by atoms with Gasteiger partial charge in [-0.25, -0.2) is 23.7 Å². The Bertz CT molecular complexity index is 1670. The average Bonchev–Trinajstić information content (AvgIpc) is 3.48. The molecule has 0 aliphatic rings. The minimum absolute atomic E-state index is 0.0830. The van der Waals surface area contributed by atoms with Gasteiger partial charge in [-0.15, -0.1) is 5.10 Å². The fraction of sp³-hybridized carbons (Fsp3) is 0.0417. The molecule has 0 fully saturated rings. The van der Waals surface area contributed by atoms with E-state index in [-0.39, 0.29) is 23.9 Å². The van der Waals surface area contributed by atoms with Crippen LogP contribution in [-0.2, 0) is 6.42 Å². The second-order valence-corrected chi connectivity index (χ2v) is 7.68. The molecule has 5 aromatic heterocycles. The number of nitrogen functional groups attached to an aromatic ring is 1. The Labute approximate surface area is 191 Å². The maximum absolute atomic E-state index is 14.2. The molecule has 0 radical (unpaired) electrons. The fourth-order valence-electron chi connectivity index (χ4n) is 3.92. The Balaban J connectivity index is 1.60. The predicted molar refractivity (Wildman–Crippen MR) is 122 cm³/mol. The molecular formula is C24H16F2N8. The summed E-state index contributed by atoms with van der Waals surface area (Å²) in [7, 11) is 0. The van der Waals surface area contributed by atoms with Crippen LogP contribution in [0.5, 0.6) is 0 Å². The lowest BCUT2D eigenvalue weighted by Gasteiger charge is -2.12. The molecule has 0 spiro atoms. The SMILES string of the molecule is Nc1nc(-c2ccc(F)cc2)c(-c2ccc3nccn3c2)c2nc(Cc3ncccc3F)nn12. The molecule has 0 aliphatic heterocycles. The van der Waals surface area contributed by atoms with Crippen molar-refractivity contribution in [1.29, 1.82) is 0 Å². The maximum Gasteiger partial charge on any atom is 0.223 e. The van der Waals surface area contributed by atoms with E-state index in [2.05, 4.69) is 25.0 Å². The van der Waals surface area contributed by atoms with Gasteiger partial charge in [0.25, 0.3) is 0 Å². The Hall–Kier alpha value is -4.73. The standard InChI is InChI=1S/C24H16F2N8/c25-16-6-3-14(4-7-16)22-21(15-5-8-20-29-10-11-33(20)13-15)23-30-19(32-34(23)24(27)31-22)12-18-17(26)2-1-9-28-18/h1-11,13H,12H2,(H2,27,31). The number of hydrogen-bond acceptors (Lipinski definition) is 6. The highest BCUT2D eigenvalue weighted by Crippen LogP contribution is 2.35. The summed E-state index contributed by atoms with van der Waals surface area (Å²) in [6.07, 6.45) is 7.03. The topological polar surface area (TPSA) is 99.3 Å². The largest absolute Gasteiger partial charge is 0.368 e. The van der Waals surface area contributed by atoms with Crippen LogP contribution >= 0.6 is 0 Å². The van der Waals surface area contributed by atoms with Gasteiger partial charge in [-0.1, -0.05) is 0 Å². The van der Waals surface area contributed by atoms with Gasteiger partial charge >= 0.3 is 0 Å². The number of imidazole rings is 1. The zero-order valence-corrected chi connectivity index (χ0v) is 17.6. The van der Waals surface area contributed by atoms with Gasteiger partial charge in [0.2, 0.25) is 5.95 Å². The molecule has 0 saturated carbocycles. The van der Waals surface area contributed by atoms with E-state index < -0.39 is 5.82 Å². The number of halogens is 2. The number of nitrogens with zero attached hydrogens (tertiary/aromatic N) is 7. The van der Waals surface area contributed by atoms with Crippen LogP contribution in [0, 0.1) is 11.6 Å². The van der Waals surface area contributed by atoms with Gasteiger partial charge in [-0.2, -0.15) is 4.52 Å². The van der Waals surface area contributed by atoms with Crippen LogP contribution < -0.4 is 5.73 Å². The van der Waals surface area contributed by atoms with E-state index in [4.69, 9.17) is 5.73 Å². The molecule has 0 atom stereocenters. The molecule has 5 heterocycles. The molecule has 10 heteroatoms. The Morgan fingerprint density at radius 2 is 1.71 bits per heavy atom. The summed E-state index contributed by atoms with van der Waals surface area (Å²) in [6, 6.07) is 12.6. The average molecular weight is 454 g/mol. The van der Waals surface area contributed by atoms with E-state index in [1.54, 1.807) is 18.3 Å². The minimum Gasteiger partial charge on any atom is -0.368 e. The van der Waals surface area contributed by atoms with E-state index >= 15 is 0 Å². The smallest absolute Gasteiger partial charge is 0.223 e. The van der Waals surface area contributed by atoms with Crippen molar-refractivity contribution >= 4 is 17.2 Å². The van der Waals surface area contributed by atoms with Crippen molar-refractivity contribution < 1.29 is 8.78 Å². The monoisotopic (exact) mass is 454 g/mol. The van der Waals surface area contributed by atoms with E-state index in [1.165, 1.54) is 35.0 Å². The summed E-state index contributed by atoms with van der Waals surface area (Å²) < 4.78 is 31.1. The molecule has 6 rings (SSSR count). The van der Waals surface area contributed by atoms with Crippen molar-refractivity contribution in [2.24, 2.45) is 0 Å². The maximum atomic E-state index is 14.2. The normalized spacial score (nSPS) is 11.5. The highest BCUT2D eigenvalue weighted by atomic mass is 19.1. The van der Waals surface area contributed by atoms with Crippen LogP contribution in [0.25, 0.3) is 33.7 Å². The van der Waals surface area contributed by atoms with Crippen LogP contribution in [0.2, 0.25) is 0 Å². The predicted octanol–water partition coefficient (Wildman–Crippen LogP) is 3.95. The summed E-state index contributed by atoms with van der Waals surface area (Å²) in [5.41, 5.74) is 10.3. The molecule has 0 bridgehead atoms. The van der Waals surface area contributed by atoms with Crippen LogP contribution in [0.1, 0.15) is 11.5 Å². The van der Waals surface area contributed by atoms with Gasteiger partial charge in [-0.05, 0) is 48.5 Å². The zero-order valence-electron chi connectivity index (χ0n) is 17.6. The number of fused-ring (bicyclic) bond motifs is 2. The van der Waals surface area contributed by atoms with E-state index in [1.807, 2.05) is 28.9 Å². The zero-order chi connectivity index (χ0) is 23.2. The van der Waals surface area contributed by atoms with Crippen LogP contribution in [0.3, 0.4) is 0 Å². The lowest BCUT2D eigenvalue weighted by molar-refractivity contribution is 0.601. The van der Waals surface area contributed by atoms with Crippen molar-refractivity contribution in [3.8, 4) is 22.4 Å². The first-order valence-electron chi connectivity index (χ1n) is 10.4. The molecule has 0 amide bonds. The van der Waals surface area contributed by atoms with Crippen molar-refractivity contribution in [2.75, 3.05) is 5.73 Å². The summed E-state index contributed by atoms with van der Waals surface area (Å²) in [5, 5.41) is 4.47. The summed E-state index contributed by atoms with van der Waals surface area (Å²) >= 11 is 0. The minimum atomic E-state index is -0.440. The third-order valence-electron chi connectivity index (χ3n) is 5.51.